The van der Waals surface area contributed by atoms with E-state index in [0.29, 0.717) is 5.82 Å². The van der Waals surface area contributed by atoms with Crippen molar-refractivity contribution in [3.8, 4) is 5.82 Å². The molecule has 0 aromatic carbocycles. The summed E-state index contributed by atoms with van der Waals surface area (Å²) in [4.78, 5) is 10.9. The van der Waals surface area contributed by atoms with Gasteiger partial charge in [0.1, 0.15) is 0 Å². The Hall–Kier alpha value is -2.24. The van der Waals surface area contributed by atoms with Crippen LogP contribution in [0.1, 0.15) is 35.9 Å². The Bertz CT molecular complexity index is 534. The van der Waals surface area contributed by atoms with E-state index >= 15 is 0 Å². The first-order chi connectivity index (χ1) is 8.09. The molecule has 0 atom stereocenters. The summed E-state index contributed by atoms with van der Waals surface area (Å²) in [6.45, 7) is 3.94. The van der Waals surface area contributed by atoms with E-state index in [1.807, 2.05) is 13.8 Å². The SMILES string of the molecule is CC(C)c1cc(C(=O)O)nn1-c1cccnn1. The molecule has 0 bridgehead atoms. The molecular weight excluding hydrogens is 220 g/mol. The molecular formula is C11H12N4O2. The first-order valence-electron chi connectivity index (χ1n) is 5.21. The minimum Gasteiger partial charge on any atom is -0.476 e. The van der Waals surface area contributed by atoms with Crippen LogP contribution in [0.15, 0.2) is 24.4 Å². The van der Waals surface area contributed by atoms with Gasteiger partial charge in [-0.05, 0) is 24.1 Å². The van der Waals surface area contributed by atoms with E-state index in [0.717, 1.165) is 5.69 Å². The third-order valence-electron chi connectivity index (χ3n) is 2.32. The molecule has 6 heteroatoms. The Balaban J connectivity index is 2.56. The number of carbonyl (C=O) groups is 1. The molecule has 0 radical (unpaired) electrons. The average molecular weight is 232 g/mol. The summed E-state index contributed by atoms with van der Waals surface area (Å²) in [6.07, 6.45) is 1.56. The van der Waals surface area contributed by atoms with E-state index in [-0.39, 0.29) is 11.6 Å². The van der Waals surface area contributed by atoms with Gasteiger partial charge in [0, 0.05) is 11.9 Å². The lowest BCUT2D eigenvalue weighted by atomic mass is 10.1. The number of hydrogen-bond donors (Lipinski definition) is 1. The first kappa shape index (κ1) is 11.3. The number of carboxylic acid groups (broad SMARTS) is 1. The molecule has 0 amide bonds. The van der Waals surface area contributed by atoms with E-state index in [9.17, 15) is 4.79 Å². The molecule has 0 aliphatic heterocycles. The van der Waals surface area contributed by atoms with Crippen LogP contribution in [0.2, 0.25) is 0 Å². The fourth-order valence-corrected chi connectivity index (χ4v) is 1.50. The highest BCUT2D eigenvalue weighted by atomic mass is 16.4. The van der Waals surface area contributed by atoms with Gasteiger partial charge in [-0.25, -0.2) is 9.48 Å². The van der Waals surface area contributed by atoms with Crippen LogP contribution in [0, 0.1) is 0 Å². The van der Waals surface area contributed by atoms with Gasteiger partial charge in [-0.1, -0.05) is 13.8 Å². The fraction of sp³-hybridized carbons (Fsp3) is 0.273. The zero-order valence-electron chi connectivity index (χ0n) is 9.53. The van der Waals surface area contributed by atoms with Gasteiger partial charge in [-0.15, -0.1) is 5.10 Å². The van der Waals surface area contributed by atoms with Crippen molar-refractivity contribution >= 4 is 5.97 Å². The summed E-state index contributed by atoms with van der Waals surface area (Å²) in [5.41, 5.74) is 0.808. The van der Waals surface area contributed by atoms with E-state index in [1.165, 1.54) is 4.68 Å². The van der Waals surface area contributed by atoms with Crippen molar-refractivity contribution < 1.29 is 9.90 Å². The summed E-state index contributed by atoms with van der Waals surface area (Å²) in [5.74, 6) is -0.379. The Morgan fingerprint density at radius 2 is 2.24 bits per heavy atom. The molecule has 6 nitrogen and oxygen atoms in total. The second-order valence-corrected chi connectivity index (χ2v) is 3.91. The predicted molar refractivity (Wildman–Crippen MR) is 60.2 cm³/mol. The molecule has 0 spiro atoms. The zero-order valence-corrected chi connectivity index (χ0v) is 9.53. The van der Waals surface area contributed by atoms with Gasteiger partial charge >= 0.3 is 5.97 Å². The molecule has 2 heterocycles. The van der Waals surface area contributed by atoms with Gasteiger partial charge in [-0.2, -0.15) is 10.2 Å². The number of aromatic nitrogens is 4. The minimum atomic E-state index is -1.05. The van der Waals surface area contributed by atoms with Gasteiger partial charge in [0.05, 0.1) is 0 Å². The lowest BCUT2D eigenvalue weighted by Crippen LogP contribution is -2.07. The molecule has 0 saturated heterocycles. The molecule has 2 aromatic rings. The quantitative estimate of drug-likeness (QED) is 0.866. The van der Waals surface area contributed by atoms with Crippen LogP contribution in [-0.4, -0.2) is 31.1 Å². The lowest BCUT2D eigenvalue weighted by molar-refractivity contribution is 0.0690. The van der Waals surface area contributed by atoms with Crippen molar-refractivity contribution in [2.75, 3.05) is 0 Å². The molecule has 0 saturated carbocycles. The number of aromatic carboxylic acids is 1. The Morgan fingerprint density at radius 3 is 2.76 bits per heavy atom. The third-order valence-corrected chi connectivity index (χ3v) is 2.32. The van der Waals surface area contributed by atoms with Crippen molar-refractivity contribution in [3.05, 3.63) is 35.8 Å². The number of carboxylic acids is 1. The summed E-state index contributed by atoms with van der Waals surface area (Å²) in [6, 6.07) is 5.02. The maximum Gasteiger partial charge on any atom is 0.356 e. The number of nitrogens with zero attached hydrogens (tertiary/aromatic N) is 4. The Morgan fingerprint density at radius 1 is 1.47 bits per heavy atom. The zero-order chi connectivity index (χ0) is 12.4. The summed E-state index contributed by atoms with van der Waals surface area (Å²) < 4.78 is 1.52. The average Bonchev–Trinajstić information content (AvgIpc) is 2.75. The summed E-state index contributed by atoms with van der Waals surface area (Å²) in [5, 5.41) is 20.6. The maximum atomic E-state index is 10.9. The summed E-state index contributed by atoms with van der Waals surface area (Å²) in [7, 11) is 0. The normalized spacial score (nSPS) is 10.8. The van der Waals surface area contributed by atoms with Crippen LogP contribution in [0.25, 0.3) is 5.82 Å². The molecule has 2 rings (SSSR count). The molecule has 88 valence electrons. The monoisotopic (exact) mass is 232 g/mol. The molecule has 1 N–H and O–H groups in total. The van der Waals surface area contributed by atoms with Gasteiger partial charge in [0.2, 0.25) is 0 Å². The molecule has 0 aliphatic rings. The van der Waals surface area contributed by atoms with Crippen LogP contribution in [0.3, 0.4) is 0 Å². The third kappa shape index (κ3) is 2.15. The van der Waals surface area contributed by atoms with E-state index < -0.39 is 5.97 Å². The number of hydrogen-bond acceptors (Lipinski definition) is 4. The largest absolute Gasteiger partial charge is 0.476 e. The van der Waals surface area contributed by atoms with Crippen LogP contribution in [0.4, 0.5) is 0 Å². The smallest absolute Gasteiger partial charge is 0.356 e. The van der Waals surface area contributed by atoms with Crippen LogP contribution in [-0.2, 0) is 0 Å². The minimum absolute atomic E-state index is 0.0133. The highest BCUT2D eigenvalue weighted by Crippen LogP contribution is 2.18. The Kier molecular flexibility index (Phi) is 2.86. The second kappa shape index (κ2) is 4.32. The van der Waals surface area contributed by atoms with Gasteiger partial charge in [0.25, 0.3) is 0 Å². The van der Waals surface area contributed by atoms with Crippen molar-refractivity contribution in [3.63, 3.8) is 0 Å². The van der Waals surface area contributed by atoms with Crippen LogP contribution in [0.5, 0.6) is 0 Å². The molecule has 17 heavy (non-hydrogen) atoms. The van der Waals surface area contributed by atoms with Crippen LogP contribution < -0.4 is 0 Å². The molecule has 0 aliphatic carbocycles. The van der Waals surface area contributed by atoms with E-state index in [4.69, 9.17) is 5.11 Å². The van der Waals surface area contributed by atoms with Crippen LogP contribution >= 0.6 is 0 Å². The molecule has 0 unspecified atom stereocenters. The fourth-order valence-electron chi connectivity index (χ4n) is 1.50. The number of rotatable bonds is 3. The van der Waals surface area contributed by atoms with Crippen molar-refractivity contribution in [2.24, 2.45) is 0 Å². The lowest BCUT2D eigenvalue weighted by Gasteiger charge is -2.07. The highest BCUT2D eigenvalue weighted by Gasteiger charge is 2.17. The predicted octanol–water partition coefficient (Wildman–Crippen LogP) is 1.48. The maximum absolute atomic E-state index is 10.9. The van der Waals surface area contributed by atoms with Crippen molar-refractivity contribution in [1.82, 2.24) is 20.0 Å². The van der Waals surface area contributed by atoms with E-state index in [2.05, 4.69) is 15.3 Å². The Labute approximate surface area is 97.9 Å². The highest BCUT2D eigenvalue weighted by molar-refractivity contribution is 5.85. The van der Waals surface area contributed by atoms with Gasteiger partial charge in [-0.3, -0.25) is 0 Å². The van der Waals surface area contributed by atoms with Crippen molar-refractivity contribution in [2.45, 2.75) is 19.8 Å². The summed E-state index contributed by atoms with van der Waals surface area (Å²) >= 11 is 0. The molecule has 0 fully saturated rings. The van der Waals surface area contributed by atoms with Crippen molar-refractivity contribution in [1.29, 1.82) is 0 Å². The van der Waals surface area contributed by atoms with Gasteiger partial charge < -0.3 is 5.11 Å². The standard InChI is InChI=1S/C11H12N4O2/c1-7(2)9-6-8(11(16)17)14-15(9)10-4-3-5-12-13-10/h3-7H,1-2H3,(H,16,17). The van der Waals surface area contributed by atoms with Gasteiger partial charge in [0.15, 0.2) is 11.5 Å². The second-order valence-electron chi connectivity index (χ2n) is 3.91. The first-order valence-corrected chi connectivity index (χ1v) is 5.21. The topological polar surface area (TPSA) is 80.9 Å². The van der Waals surface area contributed by atoms with E-state index in [1.54, 1.807) is 24.4 Å². The molecule has 2 aromatic heterocycles.